The normalized spacial score (nSPS) is 11.0. The number of hydrogen-bond acceptors (Lipinski definition) is 7. The Balaban J connectivity index is 1.88. The number of aliphatic hydroxyl groups excluding tert-OH is 1. The van der Waals surface area contributed by atoms with Crippen LogP contribution in [0.1, 0.15) is 0 Å². The number of aliphatic hydroxyl groups is 1. The van der Waals surface area contributed by atoms with Crippen LogP contribution in [0.15, 0.2) is 53.8 Å². The molecule has 0 atom stereocenters. The lowest BCUT2D eigenvalue weighted by molar-refractivity contribution is 0.305. The molecule has 0 amide bonds. The summed E-state index contributed by atoms with van der Waals surface area (Å²) in [6.07, 6.45) is 4.71. The van der Waals surface area contributed by atoms with Crippen molar-refractivity contribution in [2.24, 2.45) is 7.05 Å². The second-order valence-corrected chi connectivity index (χ2v) is 7.03. The minimum absolute atomic E-state index is 0.00341. The number of rotatable bonds is 7. The number of hydrogen-bond donors (Lipinski definition) is 1. The molecule has 4 aromatic rings. The highest BCUT2D eigenvalue weighted by Crippen LogP contribution is 2.37. The summed E-state index contributed by atoms with van der Waals surface area (Å²) in [6, 6.07) is 7.96. The van der Waals surface area contributed by atoms with Gasteiger partial charge in [-0.2, -0.15) is 5.10 Å². The maximum atomic E-state index is 15.1. The third-order valence-electron chi connectivity index (χ3n) is 5.09. The van der Waals surface area contributed by atoms with Gasteiger partial charge in [-0.15, -0.1) is 0 Å². The smallest absolute Gasteiger partial charge is 0.265 e. The first-order chi connectivity index (χ1) is 15.5. The van der Waals surface area contributed by atoms with Gasteiger partial charge in [-0.25, -0.2) is 9.37 Å². The fourth-order valence-electron chi connectivity index (χ4n) is 3.50. The van der Waals surface area contributed by atoms with Gasteiger partial charge in [-0.1, -0.05) is 0 Å². The van der Waals surface area contributed by atoms with Crippen molar-refractivity contribution in [1.82, 2.24) is 19.3 Å². The molecule has 4 rings (SSSR count). The van der Waals surface area contributed by atoms with Crippen molar-refractivity contribution in [3.8, 4) is 17.2 Å². The fraction of sp³-hybridized carbons (Fsp3) is 0.227. The van der Waals surface area contributed by atoms with Gasteiger partial charge in [-0.3, -0.25) is 14.0 Å². The van der Waals surface area contributed by atoms with E-state index < -0.39 is 5.82 Å². The fourth-order valence-corrected chi connectivity index (χ4v) is 3.50. The molecule has 0 saturated carbocycles. The van der Waals surface area contributed by atoms with Crippen molar-refractivity contribution >= 4 is 22.3 Å². The van der Waals surface area contributed by atoms with Crippen LogP contribution in [0.4, 0.5) is 15.8 Å². The average molecular weight is 439 g/mol. The summed E-state index contributed by atoms with van der Waals surface area (Å²) in [5, 5.41) is 14.1. The van der Waals surface area contributed by atoms with Crippen molar-refractivity contribution in [2.75, 3.05) is 32.3 Å². The number of halogens is 1. The highest BCUT2D eigenvalue weighted by molar-refractivity contribution is 5.83. The Kier molecular flexibility index (Phi) is 5.78. The number of aromatic nitrogens is 4. The lowest BCUT2D eigenvalue weighted by Gasteiger charge is -2.26. The third kappa shape index (κ3) is 3.76. The summed E-state index contributed by atoms with van der Waals surface area (Å²) in [7, 11) is 4.58. The maximum absolute atomic E-state index is 15.1. The molecule has 9 nitrogen and oxygen atoms in total. The molecule has 0 unspecified atom stereocenters. The third-order valence-corrected chi connectivity index (χ3v) is 5.09. The van der Waals surface area contributed by atoms with Crippen molar-refractivity contribution in [2.45, 2.75) is 0 Å². The Morgan fingerprint density at radius 2 is 2.00 bits per heavy atom. The molecular weight excluding hydrogens is 417 g/mol. The molecule has 0 fully saturated rings. The van der Waals surface area contributed by atoms with Gasteiger partial charge in [0.05, 0.1) is 49.3 Å². The number of methoxy groups -OCH3 is 2. The molecule has 0 aliphatic carbocycles. The van der Waals surface area contributed by atoms with Gasteiger partial charge in [0, 0.05) is 37.6 Å². The van der Waals surface area contributed by atoms with Gasteiger partial charge in [0.2, 0.25) is 0 Å². The van der Waals surface area contributed by atoms with Crippen LogP contribution >= 0.6 is 0 Å². The lowest BCUT2D eigenvalue weighted by Crippen LogP contribution is -2.23. The van der Waals surface area contributed by atoms with Gasteiger partial charge in [0.15, 0.2) is 11.6 Å². The molecule has 32 heavy (non-hydrogen) atoms. The average Bonchev–Trinajstić information content (AvgIpc) is 3.24. The van der Waals surface area contributed by atoms with E-state index in [2.05, 4.69) is 10.1 Å². The zero-order valence-electron chi connectivity index (χ0n) is 17.8. The molecule has 2 aromatic heterocycles. The van der Waals surface area contributed by atoms with Gasteiger partial charge >= 0.3 is 0 Å². The first kappa shape index (κ1) is 21.3. The van der Waals surface area contributed by atoms with E-state index in [1.165, 1.54) is 37.2 Å². The molecule has 0 radical (unpaired) electrons. The largest absolute Gasteiger partial charge is 0.497 e. The van der Waals surface area contributed by atoms with Crippen LogP contribution in [0.2, 0.25) is 0 Å². The first-order valence-corrected chi connectivity index (χ1v) is 9.77. The Bertz CT molecular complexity index is 1330. The lowest BCUT2D eigenvalue weighted by atomic mass is 10.1. The van der Waals surface area contributed by atoms with Crippen LogP contribution in [-0.2, 0) is 7.05 Å². The predicted octanol–water partition coefficient (Wildman–Crippen LogP) is 2.41. The van der Waals surface area contributed by atoms with E-state index in [-0.39, 0.29) is 30.1 Å². The molecule has 0 bridgehead atoms. The molecule has 166 valence electrons. The van der Waals surface area contributed by atoms with Gasteiger partial charge < -0.3 is 19.5 Å². The first-order valence-electron chi connectivity index (χ1n) is 9.77. The van der Waals surface area contributed by atoms with E-state index >= 15 is 4.39 Å². The van der Waals surface area contributed by atoms with Crippen molar-refractivity contribution in [3.05, 3.63) is 65.2 Å². The Morgan fingerprint density at radius 3 is 2.66 bits per heavy atom. The SMILES string of the molecule is COc1cc(OC)c(F)c(N(CCO)c2ccc3ncn(-c4cnn(C)c4)c(=O)c3c2)c1. The number of ether oxygens (including phenoxy) is 2. The van der Waals surface area contributed by atoms with E-state index in [1.807, 2.05) is 0 Å². The van der Waals surface area contributed by atoms with E-state index in [0.29, 0.717) is 28.0 Å². The monoisotopic (exact) mass is 439 g/mol. The predicted molar refractivity (Wildman–Crippen MR) is 118 cm³/mol. The quantitative estimate of drug-likeness (QED) is 0.473. The summed E-state index contributed by atoms with van der Waals surface area (Å²) in [5.41, 5.74) is 1.42. The number of fused-ring (bicyclic) bond motifs is 1. The van der Waals surface area contributed by atoms with Crippen LogP contribution in [0.5, 0.6) is 11.5 Å². The van der Waals surface area contributed by atoms with Crippen molar-refractivity contribution < 1.29 is 19.0 Å². The summed E-state index contributed by atoms with van der Waals surface area (Å²) in [6.45, 7) is -0.167. The number of aryl methyl sites for hydroxylation is 1. The van der Waals surface area contributed by atoms with Crippen molar-refractivity contribution in [1.29, 1.82) is 0 Å². The molecule has 0 saturated heterocycles. The number of anilines is 2. The highest BCUT2D eigenvalue weighted by atomic mass is 19.1. The summed E-state index contributed by atoms with van der Waals surface area (Å²) < 4.78 is 28.5. The standard InChI is InChI=1S/C22H22FN5O4/c1-26-12-15(11-25-26)28-13-24-18-5-4-14(8-17(18)22(28)30)27(6-7-29)19-9-16(31-2)10-20(32-3)21(19)23/h4-5,8-13,29H,6-7H2,1-3H3. The zero-order chi connectivity index (χ0) is 22.8. The Hall–Kier alpha value is -3.92. The molecule has 0 aliphatic rings. The van der Waals surface area contributed by atoms with Crippen LogP contribution < -0.4 is 19.9 Å². The van der Waals surface area contributed by atoms with Crippen LogP contribution in [-0.4, -0.2) is 51.8 Å². The molecule has 0 spiro atoms. The molecular formula is C22H22FN5O4. The summed E-state index contributed by atoms with van der Waals surface area (Å²) >= 11 is 0. The van der Waals surface area contributed by atoms with E-state index in [0.717, 1.165) is 0 Å². The van der Waals surface area contributed by atoms with Gasteiger partial charge in [-0.05, 0) is 18.2 Å². The molecule has 10 heteroatoms. The molecule has 2 aromatic carbocycles. The minimum atomic E-state index is -0.610. The Morgan fingerprint density at radius 1 is 1.19 bits per heavy atom. The molecule has 1 N–H and O–H groups in total. The minimum Gasteiger partial charge on any atom is -0.497 e. The van der Waals surface area contributed by atoms with Crippen molar-refractivity contribution in [3.63, 3.8) is 0 Å². The highest BCUT2D eigenvalue weighted by Gasteiger charge is 2.20. The number of benzene rings is 2. The molecule has 2 heterocycles. The topological polar surface area (TPSA) is 94.6 Å². The maximum Gasteiger partial charge on any atom is 0.265 e. The van der Waals surface area contributed by atoms with E-state index in [1.54, 1.807) is 47.2 Å². The second kappa shape index (κ2) is 8.67. The van der Waals surface area contributed by atoms with Gasteiger partial charge in [0.25, 0.3) is 5.56 Å². The Labute approximate surface area is 182 Å². The zero-order valence-corrected chi connectivity index (χ0v) is 17.8. The van der Waals surface area contributed by atoms with E-state index in [4.69, 9.17) is 9.47 Å². The number of nitrogens with zero attached hydrogens (tertiary/aromatic N) is 5. The summed E-state index contributed by atoms with van der Waals surface area (Å²) in [5.74, 6) is -0.216. The second-order valence-electron chi connectivity index (χ2n) is 7.03. The van der Waals surface area contributed by atoms with Crippen LogP contribution in [0.3, 0.4) is 0 Å². The van der Waals surface area contributed by atoms with Crippen LogP contribution in [0.25, 0.3) is 16.6 Å². The molecule has 0 aliphatic heterocycles. The van der Waals surface area contributed by atoms with E-state index in [9.17, 15) is 9.90 Å². The summed E-state index contributed by atoms with van der Waals surface area (Å²) in [4.78, 5) is 19.1. The van der Waals surface area contributed by atoms with Crippen LogP contribution in [0, 0.1) is 5.82 Å². The van der Waals surface area contributed by atoms with Gasteiger partial charge in [0.1, 0.15) is 12.1 Å².